The lowest BCUT2D eigenvalue weighted by Crippen LogP contribution is -2.40. The van der Waals surface area contributed by atoms with Crippen LogP contribution in [0.3, 0.4) is 0 Å². The zero-order valence-corrected chi connectivity index (χ0v) is 17.1. The van der Waals surface area contributed by atoms with Gasteiger partial charge in [-0.15, -0.1) is 6.42 Å². The molecule has 158 valence electrons. The summed E-state index contributed by atoms with van der Waals surface area (Å²) in [7, 11) is 0. The predicted octanol–water partition coefficient (Wildman–Crippen LogP) is 3.01. The third-order valence-corrected chi connectivity index (χ3v) is 4.13. The topological polar surface area (TPSA) is 67.9 Å². The van der Waals surface area contributed by atoms with Gasteiger partial charge in [0.25, 0.3) is 5.91 Å². The minimum atomic E-state index is -0.421. The quantitative estimate of drug-likeness (QED) is 0.609. The summed E-state index contributed by atoms with van der Waals surface area (Å²) in [6.07, 6.45) is 5.36. The molecule has 0 aromatic heterocycles. The third kappa shape index (κ3) is 6.52. The van der Waals surface area contributed by atoms with Crippen LogP contribution >= 0.6 is 0 Å². The number of amides is 2. The Labute approximate surface area is 176 Å². The van der Waals surface area contributed by atoms with Crippen molar-refractivity contribution in [2.45, 2.75) is 20.4 Å². The maximum atomic E-state index is 13.1. The van der Waals surface area contributed by atoms with Gasteiger partial charge < -0.3 is 19.7 Å². The van der Waals surface area contributed by atoms with Crippen molar-refractivity contribution in [3.63, 3.8) is 0 Å². The first-order valence-electron chi connectivity index (χ1n) is 9.62. The van der Waals surface area contributed by atoms with Gasteiger partial charge >= 0.3 is 0 Å². The van der Waals surface area contributed by atoms with E-state index in [9.17, 15) is 14.0 Å². The zero-order chi connectivity index (χ0) is 21.9. The molecule has 0 aliphatic heterocycles. The van der Waals surface area contributed by atoms with Crippen LogP contribution in [0.25, 0.3) is 0 Å². The van der Waals surface area contributed by atoms with Gasteiger partial charge in [-0.25, -0.2) is 4.39 Å². The number of rotatable bonds is 10. The van der Waals surface area contributed by atoms with E-state index in [4.69, 9.17) is 15.9 Å². The molecule has 0 heterocycles. The van der Waals surface area contributed by atoms with E-state index in [0.717, 1.165) is 5.56 Å². The summed E-state index contributed by atoms with van der Waals surface area (Å²) < 4.78 is 24.1. The van der Waals surface area contributed by atoms with Gasteiger partial charge in [-0.2, -0.15) is 0 Å². The number of hydrogen-bond donors (Lipinski definition) is 1. The lowest BCUT2D eigenvalue weighted by Gasteiger charge is -2.21. The smallest absolute Gasteiger partial charge is 0.251 e. The molecule has 0 atom stereocenters. The molecule has 0 bridgehead atoms. The standard InChI is InChI=1S/C23H25FN2O4/c1-4-13-26(16-17-7-10-19(24)11-8-17)22(27)15-25-23(28)18-9-12-20(29-5-2)21(14-18)30-6-3/h1,7-12,14H,5-6,13,15-16H2,2-3H3,(H,25,28). The van der Waals surface area contributed by atoms with E-state index in [1.54, 1.807) is 30.3 Å². The predicted molar refractivity (Wildman–Crippen MR) is 112 cm³/mol. The molecule has 7 heteroatoms. The second-order valence-corrected chi connectivity index (χ2v) is 6.29. The van der Waals surface area contributed by atoms with Crippen LogP contribution in [0.4, 0.5) is 4.39 Å². The molecule has 2 aromatic carbocycles. The Kier molecular flexibility index (Phi) is 8.70. The summed E-state index contributed by atoms with van der Waals surface area (Å²) in [5, 5.41) is 2.60. The number of nitrogens with one attached hydrogen (secondary N) is 1. The number of carbonyl (C=O) groups is 2. The Hall–Kier alpha value is -3.53. The number of ether oxygens (including phenoxy) is 2. The lowest BCUT2D eigenvalue weighted by molar-refractivity contribution is -0.130. The lowest BCUT2D eigenvalue weighted by atomic mass is 10.2. The molecule has 2 aromatic rings. The highest BCUT2D eigenvalue weighted by atomic mass is 19.1. The van der Waals surface area contributed by atoms with Crippen molar-refractivity contribution in [1.82, 2.24) is 10.2 Å². The highest BCUT2D eigenvalue weighted by molar-refractivity contribution is 5.97. The minimum Gasteiger partial charge on any atom is -0.490 e. The molecule has 0 aliphatic carbocycles. The average molecular weight is 412 g/mol. The summed E-state index contributed by atoms with van der Waals surface area (Å²) in [6, 6.07) is 10.6. The van der Waals surface area contributed by atoms with Crippen LogP contribution in [-0.2, 0) is 11.3 Å². The van der Waals surface area contributed by atoms with Gasteiger partial charge in [0.15, 0.2) is 11.5 Å². The highest BCUT2D eigenvalue weighted by Crippen LogP contribution is 2.28. The summed E-state index contributed by atoms with van der Waals surface area (Å²) in [5.74, 6) is 2.31. The van der Waals surface area contributed by atoms with Crippen molar-refractivity contribution in [2.75, 3.05) is 26.3 Å². The molecule has 0 fully saturated rings. The maximum absolute atomic E-state index is 13.1. The van der Waals surface area contributed by atoms with Crippen LogP contribution in [0.15, 0.2) is 42.5 Å². The van der Waals surface area contributed by atoms with Crippen molar-refractivity contribution in [1.29, 1.82) is 0 Å². The van der Waals surface area contributed by atoms with E-state index in [2.05, 4.69) is 11.2 Å². The molecular formula is C23H25FN2O4. The van der Waals surface area contributed by atoms with E-state index >= 15 is 0 Å². The van der Waals surface area contributed by atoms with E-state index in [-0.39, 0.29) is 31.4 Å². The van der Waals surface area contributed by atoms with E-state index in [1.165, 1.54) is 17.0 Å². The number of carbonyl (C=O) groups excluding carboxylic acids is 2. The van der Waals surface area contributed by atoms with Crippen LogP contribution in [0.1, 0.15) is 29.8 Å². The van der Waals surface area contributed by atoms with Crippen molar-refractivity contribution in [3.05, 3.63) is 59.4 Å². The van der Waals surface area contributed by atoms with Gasteiger partial charge in [0.05, 0.1) is 26.3 Å². The fourth-order valence-corrected chi connectivity index (χ4v) is 2.71. The molecule has 0 saturated carbocycles. The van der Waals surface area contributed by atoms with Crippen LogP contribution in [-0.4, -0.2) is 43.0 Å². The summed E-state index contributed by atoms with van der Waals surface area (Å²) in [5.41, 5.74) is 1.08. The minimum absolute atomic E-state index is 0.0730. The molecule has 0 radical (unpaired) electrons. The van der Waals surface area contributed by atoms with E-state index in [0.29, 0.717) is 30.3 Å². The first kappa shape index (κ1) is 22.8. The molecule has 2 amide bonds. The SMILES string of the molecule is C#CCN(Cc1ccc(F)cc1)C(=O)CNC(=O)c1ccc(OCC)c(OCC)c1. The van der Waals surface area contributed by atoms with Crippen molar-refractivity contribution in [3.8, 4) is 23.8 Å². The second-order valence-electron chi connectivity index (χ2n) is 6.29. The highest BCUT2D eigenvalue weighted by Gasteiger charge is 2.16. The third-order valence-electron chi connectivity index (χ3n) is 4.13. The molecule has 0 spiro atoms. The van der Waals surface area contributed by atoms with Gasteiger partial charge in [-0.1, -0.05) is 18.1 Å². The van der Waals surface area contributed by atoms with Gasteiger partial charge in [-0.05, 0) is 49.7 Å². The molecule has 0 unspecified atom stereocenters. The number of benzene rings is 2. The molecule has 30 heavy (non-hydrogen) atoms. The van der Waals surface area contributed by atoms with Crippen molar-refractivity contribution < 1.29 is 23.5 Å². The van der Waals surface area contributed by atoms with Gasteiger partial charge in [-0.3, -0.25) is 9.59 Å². The number of hydrogen-bond acceptors (Lipinski definition) is 4. The fraction of sp³-hybridized carbons (Fsp3) is 0.304. The van der Waals surface area contributed by atoms with E-state index < -0.39 is 5.91 Å². The van der Waals surface area contributed by atoms with Crippen molar-refractivity contribution >= 4 is 11.8 Å². The first-order chi connectivity index (χ1) is 14.5. The second kappa shape index (κ2) is 11.5. The first-order valence-corrected chi connectivity index (χ1v) is 9.62. The molecule has 2 rings (SSSR count). The molecular weight excluding hydrogens is 387 g/mol. The van der Waals surface area contributed by atoms with Gasteiger partial charge in [0.2, 0.25) is 5.91 Å². The number of nitrogens with zero attached hydrogens (tertiary/aromatic N) is 1. The van der Waals surface area contributed by atoms with E-state index in [1.807, 2.05) is 13.8 Å². The maximum Gasteiger partial charge on any atom is 0.251 e. The average Bonchev–Trinajstić information content (AvgIpc) is 2.74. The monoisotopic (exact) mass is 412 g/mol. The number of halogens is 1. The van der Waals surface area contributed by atoms with Gasteiger partial charge in [0, 0.05) is 12.1 Å². The Bertz CT molecular complexity index is 906. The fourth-order valence-electron chi connectivity index (χ4n) is 2.71. The molecule has 0 saturated heterocycles. The molecule has 0 aliphatic rings. The Morgan fingerprint density at radius 2 is 1.73 bits per heavy atom. The summed E-state index contributed by atoms with van der Waals surface area (Å²) in [6.45, 7) is 4.66. The Balaban J connectivity index is 2.02. The zero-order valence-electron chi connectivity index (χ0n) is 17.1. The van der Waals surface area contributed by atoms with Crippen LogP contribution < -0.4 is 14.8 Å². The van der Waals surface area contributed by atoms with Crippen molar-refractivity contribution in [2.24, 2.45) is 0 Å². The van der Waals surface area contributed by atoms with Crippen LogP contribution in [0.5, 0.6) is 11.5 Å². The van der Waals surface area contributed by atoms with Crippen LogP contribution in [0.2, 0.25) is 0 Å². The normalized spacial score (nSPS) is 10.1. The molecule has 1 N–H and O–H groups in total. The Morgan fingerprint density at radius 3 is 2.37 bits per heavy atom. The van der Waals surface area contributed by atoms with Crippen LogP contribution in [0, 0.1) is 18.2 Å². The Morgan fingerprint density at radius 1 is 1.07 bits per heavy atom. The molecule has 6 nitrogen and oxygen atoms in total. The summed E-state index contributed by atoms with van der Waals surface area (Å²) >= 11 is 0. The van der Waals surface area contributed by atoms with Gasteiger partial charge in [0.1, 0.15) is 5.82 Å². The largest absolute Gasteiger partial charge is 0.490 e. The summed E-state index contributed by atoms with van der Waals surface area (Å²) in [4.78, 5) is 26.5. The number of terminal acetylenes is 1.